The number of phenolic OH excluding ortho intramolecular Hbond substituents is 1. The van der Waals surface area contributed by atoms with Crippen LogP contribution in [0.2, 0.25) is 0 Å². The third-order valence-electron chi connectivity index (χ3n) is 1.72. The van der Waals surface area contributed by atoms with Gasteiger partial charge in [0.1, 0.15) is 0 Å². The maximum absolute atomic E-state index is 8.99. The van der Waals surface area contributed by atoms with E-state index in [0.717, 1.165) is 19.5 Å². The van der Waals surface area contributed by atoms with Crippen molar-refractivity contribution in [2.75, 3.05) is 27.2 Å². The van der Waals surface area contributed by atoms with E-state index >= 15 is 0 Å². The average Bonchev–Trinajstić information content (AvgIpc) is 2.28. The molecule has 86 valence electrons. The molecule has 4 nitrogen and oxygen atoms in total. The number of nitrogens with one attached hydrogen (secondary N) is 1. The lowest BCUT2D eigenvalue weighted by molar-refractivity contribution is 0.373. The molecule has 4 heteroatoms. The van der Waals surface area contributed by atoms with Gasteiger partial charge in [-0.05, 0) is 38.7 Å². The smallest absolute Gasteiger partial charge is 0.160 e. The predicted octanol–water partition coefficient (Wildman–Crippen LogP) is 0.955. The first-order valence-electron chi connectivity index (χ1n) is 4.93. The summed E-state index contributed by atoms with van der Waals surface area (Å²) in [6.45, 7) is 1.83. The lowest BCUT2D eigenvalue weighted by Crippen LogP contribution is -2.12. The number of phenols is 1. The van der Waals surface area contributed by atoms with Gasteiger partial charge in [-0.25, -0.2) is 0 Å². The first-order valence-corrected chi connectivity index (χ1v) is 4.93. The van der Waals surface area contributed by atoms with E-state index in [4.69, 9.17) is 15.6 Å². The van der Waals surface area contributed by atoms with Crippen LogP contribution in [-0.4, -0.2) is 32.4 Å². The van der Waals surface area contributed by atoms with Gasteiger partial charge in [0.05, 0.1) is 7.11 Å². The fourth-order valence-electron chi connectivity index (χ4n) is 0.909. The Balaban J connectivity index is 0.000000288. The van der Waals surface area contributed by atoms with Crippen molar-refractivity contribution in [1.29, 1.82) is 0 Å². The second-order valence-corrected chi connectivity index (χ2v) is 2.92. The summed E-state index contributed by atoms with van der Waals surface area (Å²) < 4.78 is 4.79. The van der Waals surface area contributed by atoms with Crippen LogP contribution >= 0.6 is 0 Å². The van der Waals surface area contributed by atoms with Crippen LogP contribution in [0.3, 0.4) is 0 Å². The summed E-state index contributed by atoms with van der Waals surface area (Å²) in [5.41, 5.74) is 5.17. The SMILES string of the molecule is CNCCCN.COc1ccccc1O. The number of aromatic hydroxyl groups is 1. The van der Waals surface area contributed by atoms with Crippen LogP contribution in [0.25, 0.3) is 0 Å². The molecule has 0 aromatic heterocycles. The molecule has 0 bridgehead atoms. The molecule has 0 aliphatic rings. The highest BCUT2D eigenvalue weighted by Gasteiger charge is 1.94. The molecule has 0 saturated heterocycles. The minimum Gasteiger partial charge on any atom is -0.504 e. The second-order valence-electron chi connectivity index (χ2n) is 2.92. The minimum atomic E-state index is 0.181. The number of benzene rings is 1. The molecule has 0 unspecified atom stereocenters. The molecule has 15 heavy (non-hydrogen) atoms. The Bertz CT molecular complexity index is 250. The normalized spacial score (nSPS) is 9.00. The zero-order chi connectivity index (χ0) is 11.5. The summed E-state index contributed by atoms with van der Waals surface area (Å²) in [6.07, 6.45) is 1.08. The van der Waals surface area contributed by atoms with Gasteiger partial charge in [-0.1, -0.05) is 12.1 Å². The molecule has 0 aliphatic carbocycles. The summed E-state index contributed by atoms with van der Waals surface area (Å²) in [5.74, 6) is 0.692. The third kappa shape index (κ3) is 6.76. The van der Waals surface area contributed by atoms with Gasteiger partial charge in [-0.3, -0.25) is 0 Å². The van der Waals surface area contributed by atoms with Crippen molar-refractivity contribution in [1.82, 2.24) is 5.32 Å². The predicted molar refractivity (Wildman–Crippen MR) is 62.3 cm³/mol. The van der Waals surface area contributed by atoms with Gasteiger partial charge in [-0.15, -0.1) is 0 Å². The molecule has 0 saturated carbocycles. The van der Waals surface area contributed by atoms with Gasteiger partial charge in [-0.2, -0.15) is 0 Å². The van der Waals surface area contributed by atoms with Gasteiger partial charge in [0.25, 0.3) is 0 Å². The van der Waals surface area contributed by atoms with Gasteiger partial charge >= 0.3 is 0 Å². The van der Waals surface area contributed by atoms with E-state index in [1.807, 2.05) is 7.05 Å². The number of hydrogen-bond donors (Lipinski definition) is 3. The van der Waals surface area contributed by atoms with Gasteiger partial charge in [0, 0.05) is 0 Å². The molecule has 4 N–H and O–H groups in total. The van der Waals surface area contributed by atoms with Gasteiger partial charge in [0.15, 0.2) is 11.5 Å². The van der Waals surface area contributed by atoms with Crippen molar-refractivity contribution in [2.45, 2.75) is 6.42 Å². The quantitative estimate of drug-likeness (QED) is 0.650. The highest BCUT2D eigenvalue weighted by molar-refractivity contribution is 5.37. The molecule has 0 heterocycles. The van der Waals surface area contributed by atoms with Crippen molar-refractivity contribution >= 4 is 0 Å². The van der Waals surface area contributed by atoms with E-state index < -0.39 is 0 Å². The van der Waals surface area contributed by atoms with E-state index in [0.29, 0.717) is 5.75 Å². The van der Waals surface area contributed by atoms with Gasteiger partial charge in [0.2, 0.25) is 0 Å². The Labute approximate surface area is 91.1 Å². The number of rotatable bonds is 4. The van der Waals surface area contributed by atoms with Gasteiger partial charge < -0.3 is 20.9 Å². The summed E-state index contributed by atoms with van der Waals surface area (Å²) in [5, 5.41) is 12.0. The average molecular weight is 212 g/mol. The zero-order valence-electron chi connectivity index (χ0n) is 9.36. The lowest BCUT2D eigenvalue weighted by Gasteiger charge is -1.99. The third-order valence-corrected chi connectivity index (χ3v) is 1.72. The van der Waals surface area contributed by atoms with Crippen LogP contribution in [-0.2, 0) is 0 Å². The molecule has 0 atom stereocenters. The minimum absolute atomic E-state index is 0.181. The van der Waals surface area contributed by atoms with Crippen molar-refractivity contribution in [3.63, 3.8) is 0 Å². The zero-order valence-corrected chi connectivity index (χ0v) is 9.36. The van der Waals surface area contributed by atoms with Crippen LogP contribution in [0.4, 0.5) is 0 Å². The molecular weight excluding hydrogens is 192 g/mol. The Morgan fingerprint density at radius 2 is 2.07 bits per heavy atom. The highest BCUT2D eigenvalue weighted by atomic mass is 16.5. The van der Waals surface area contributed by atoms with Crippen molar-refractivity contribution in [3.05, 3.63) is 24.3 Å². The van der Waals surface area contributed by atoms with Crippen LogP contribution in [0.1, 0.15) is 6.42 Å². The number of methoxy groups -OCH3 is 1. The Morgan fingerprint density at radius 1 is 1.40 bits per heavy atom. The Morgan fingerprint density at radius 3 is 2.40 bits per heavy atom. The molecule has 1 rings (SSSR count). The number of nitrogens with two attached hydrogens (primary N) is 1. The molecular formula is C11H20N2O2. The first-order chi connectivity index (χ1) is 7.26. The number of para-hydroxylation sites is 2. The summed E-state index contributed by atoms with van der Waals surface area (Å²) >= 11 is 0. The van der Waals surface area contributed by atoms with E-state index in [-0.39, 0.29) is 5.75 Å². The van der Waals surface area contributed by atoms with Crippen LogP contribution < -0.4 is 15.8 Å². The molecule has 0 fully saturated rings. The molecule has 0 spiro atoms. The van der Waals surface area contributed by atoms with E-state index in [1.54, 1.807) is 24.3 Å². The standard InChI is InChI=1S/C7H8O2.C4H12N2/c1-9-7-5-3-2-4-6(7)8;1-6-4-2-3-5/h2-5,8H,1H3;6H,2-5H2,1H3. The van der Waals surface area contributed by atoms with Crippen LogP contribution in [0, 0.1) is 0 Å². The molecule has 1 aromatic carbocycles. The summed E-state index contributed by atoms with van der Waals surface area (Å²) in [7, 11) is 3.45. The lowest BCUT2D eigenvalue weighted by atomic mass is 10.3. The Hall–Kier alpha value is -1.26. The van der Waals surface area contributed by atoms with E-state index in [9.17, 15) is 0 Å². The number of hydrogen-bond acceptors (Lipinski definition) is 4. The fourth-order valence-corrected chi connectivity index (χ4v) is 0.909. The molecule has 0 aliphatic heterocycles. The van der Waals surface area contributed by atoms with Crippen molar-refractivity contribution < 1.29 is 9.84 Å². The monoisotopic (exact) mass is 212 g/mol. The van der Waals surface area contributed by atoms with Crippen molar-refractivity contribution in [3.8, 4) is 11.5 Å². The van der Waals surface area contributed by atoms with Crippen LogP contribution in [0.15, 0.2) is 24.3 Å². The van der Waals surface area contributed by atoms with Crippen molar-refractivity contribution in [2.24, 2.45) is 5.73 Å². The number of ether oxygens (including phenoxy) is 1. The fraction of sp³-hybridized carbons (Fsp3) is 0.455. The van der Waals surface area contributed by atoms with E-state index in [2.05, 4.69) is 5.32 Å². The molecule has 1 aromatic rings. The highest BCUT2D eigenvalue weighted by Crippen LogP contribution is 2.22. The topological polar surface area (TPSA) is 67.5 Å². The summed E-state index contributed by atoms with van der Waals surface area (Å²) in [6, 6.07) is 6.84. The maximum atomic E-state index is 8.99. The molecule has 0 amide bonds. The van der Waals surface area contributed by atoms with E-state index in [1.165, 1.54) is 7.11 Å². The molecule has 0 radical (unpaired) electrons. The second kappa shape index (κ2) is 9.30. The maximum Gasteiger partial charge on any atom is 0.160 e. The Kier molecular flexibility index (Phi) is 8.52. The first kappa shape index (κ1) is 13.7. The largest absolute Gasteiger partial charge is 0.504 e. The summed E-state index contributed by atoms with van der Waals surface area (Å²) in [4.78, 5) is 0. The van der Waals surface area contributed by atoms with Crippen LogP contribution in [0.5, 0.6) is 11.5 Å².